The van der Waals surface area contributed by atoms with Gasteiger partial charge in [0, 0.05) is 6.42 Å². The molecule has 0 aromatic heterocycles. The lowest BCUT2D eigenvalue weighted by molar-refractivity contribution is -0.160. The number of rotatable bonds is 1. The number of hydrogen-bond acceptors (Lipinski definition) is 3. The van der Waals surface area contributed by atoms with E-state index in [1.165, 1.54) is 0 Å². The monoisotopic (exact) mass is 196 g/mol. The zero-order chi connectivity index (χ0) is 9.81. The van der Waals surface area contributed by atoms with Crippen molar-refractivity contribution >= 4 is 5.97 Å². The van der Waals surface area contributed by atoms with Gasteiger partial charge >= 0.3 is 5.97 Å². The number of ether oxygens (including phenoxy) is 1. The molecule has 0 aromatic rings. The maximum atomic E-state index is 11.8. The van der Waals surface area contributed by atoms with Gasteiger partial charge in [-0.15, -0.1) is 0 Å². The van der Waals surface area contributed by atoms with Crippen LogP contribution in [0.15, 0.2) is 0 Å². The van der Waals surface area contributed by atoms with Crippen molar-refractivity contribution in [2.45, 2.75) is 44.1 Å². The van der Waals surface area contributed by atoms with Crippen LogP contribution in [0.3, 0.4) is 0 Å². The molecule has 0 amide bonds. The molecule has 0 bridgehead atoms. The van der Waals surface area contributed by atoms with Crippen molar-refractivity contribution in [1.82, 2.24) is 0 Å². The van der Waals surface area contributed by atoms with Gasteiger partial charge in [-0.2, -0.15) is 0 Å². The van der Waals surface area contributed by atoms with Crippen molar-refractivity contribution in [1.29, 1.82) is 0 Å². The summed E-state index contributed by atoms with van der Waals surface area (Å²) in [4.78, 5) is 11.8. The Hall–Kier alpha value is -0.570. The fourth-order valence-corrected chi connectivity index (χ4v) is 3.45. The molecule has 0 aromatic carbocycles. The van der Waals surface area contributed by atoms with Crippen molar-refractivity contribution in [3.63, 3.8) is 0 Å². The zero-order valence-electron chi connectivity index (χ0n) is 8.29. The Balaban J connectivity index is 2.00. The second-order valence-electron chi connectivity index (χ2n) is 5.02. The molecule has 3 heteroatoms. The van der Waals surface area contributed by atoms with E-state index in [-0.39, 0.29) is 5.97 Å². The van der Waals surface area contributed by atoms with Crippen LogP contribution in [0.4, 0.5) is 0 Å². The van der Waals surface area contributed by atoms with E-state index in [2.05, 4.69) is 0 Å². The van der Waals surface area contributed by atoms with Gasteiger partial charge in [0.15, 0.2) is 0 Å². The molecule has 3 rings (SSSR count). The molecular formula is C11H16O3. The first kappa shape index (κ1) is 8.72. The number of hydrogen-bond donors (Lipinski definition) is 1. The highest BCUT2D eigenvalue weighted by molar-refractivity contribution is 5.81. The molecule has 0 unspecified atom stereocenters. The Morgan fingerprint density at radius 1 is 1.29 bits per heavy atom. The Kier molecular flexibility index (Phi) is 1.56. The molecule has 1 saturated heterocycles. The van der Waals surface area contributed by atoms with Crippen LogP contribution >= 0.6 is 0 Å². The highest BCUT2D eigenvalue weighted by Crippen LogP contribution is 2.60. The molecular weight excluding hydrogens is 180 g/mol. The van der Waals surface area contributed by atoms with Crippen molar-refractivity contribution in [2.24, 2.45) is 11.3 Å². The van der Waals surface area contributed by atoms with Crippen LogP contribution in [0.5, 0.6) is 0 Å². The quantitative estimate of drug-likeness (QED) is 0.642. The van der Waals surface area contributed by atoms with Gasteiger partial charge in [0.2, 0.25) is 0 Å². The highest BCUT2D eigenvalue weighted by atomic mass is 16.5. The first-order valence-electron chi connectivity index (χ1n) is 5.59. The summed E-state index contributed by atoms with van der Waals surface area (Å²) in [5.41, 5.74) is -1.24. The number of esters is 1. The summed E-state index contributed by atoms with van der Waals surface area (Å²) in [5.74, 6) is 0.236. The van der Waals surface area contributed by atoms with Gasteiger partial charge in [0.05, 0.1) is 12.2 Å². The third kappa shape index (κ3) is 0.842. The van der Waals surface area contributed by atoms with Crippen LogP contribution in [0.1, 0.15) is 38.5 Å². The lowest BCUT2D eigenvalue weighted by Crippen LogP contribution is -2.48. The number of aliphatic hydroxyl groups is 1. The van der Waals surface area contributed by atoms with Gasteiger partial charge in [-0.3, -0.25) is 4.79 Å². The molecule has 2 atom stereocenters. The summed E-state index contributed by atoms with van der Waals surface area (Å²) >= 11 is 0. The molecule has 1 aliphatic heterocycles. The Morgan fingerprint density at radius 2 is 2.07 bits per heavy atom. The predicted molar refractivity (Wildman–Crippen MR) is 49.5 cm³/mol. The smallest absolute Gasteiger partial charge is 0.315 e. The SMILES string of the molecule is O=C1OCC[C@@]12CCC[C@]2(O)C1CC1. The Labute approximate surface area is 83.4 Å². The van der Waals surface area contributed by atoms with E-state index in [4.69, 9.17) is 4.74 Å². The van der Waals surface area contributed by atoms with Crippen molar-refractivity contribution < 1.29 is 14.6 Å². The van der Waals surface area contributed by atoms with Gasteiger partial charge in [-0.25, -0.2) is 0 Å². The molecule has 1 heterocycles. The minimum Gasteiger partial charge on any atom is -0.465 e. The van der Waals surface area contributed by atoms with Crippen LogP contribution in [0, 0.1) is 11.3 Å². The maximum absolute atomic E-state index is 11.8. The van der Waals surface area contributed by atoms with Gasteiger partial charge in [0.1, 0.15) is 5.41 Å². The second-order valence-corrected chi connectivity index (χ2v) is 5.02. The molecule has 3 fully saturated rings. The van der Waals surface area contributed by atoms with Gasteiger partial charge in [0.25, 0.3) is 0 Å². The van der Waals surface area contributed by atoms with E-state index in [1.807, 2.05) is 0 Å². The van der Waals surface area contributed by atoms with Crippen LogP contribution in [-0.2, 0) is 9.53 Å². The van der Waals surface area contributed by atoms with Gasteiger partial charge < -0.3 is 9.84 Å². The summed E-state index contributed by atoms with van der Waals surface area (Å²) in [6.45, 7) is 0.508. The van der Waals surface area contributed by atoms with Crippen molar-refractivity contribution in [2.75, 3.05) is 6.61 Å². The molecule has 78 valence electrons. The van der Waals surface area contributed by atoms with E-state index in [1.54, 1.807) is 0 Å². The molecule has 3 aliphatic rings. The van der Waals surface area contributed by atoms with E-state index in [0.717, 1.165) is 38.5 Å². The highest BCUT2D eigenvalue weighted by Gasteiger charge is 2.66. The van der Waals surface area contributed by atoms with E-state index in [9.17, 15) is 9.90 Å². The lowest BCUT2D eigenvalue weighted by Gasteiger charge is -2.36. The fourth-order valence-electron chi connectivity index (χ4n) is 3.45. The Morgan fingerprint density at radius 3 is 2.64 bits per heavy atom. The van der Waals surface area contributed by atoms with Crippen molar-refractivity contribution in [3.8, 4) is 0 Å². The summed E-state index contributed by atoms with van der Waals surface area (Å²) in [6.07, 6.45) is 5.52. The molecule has 1 spiro atoms. The normalized spacial score (nSPS) is 47.4. The van der Waals surface area contributed by atoms with E-state index < -0.39 is 11.0 Å². The zero-order valence-corrected chi connectivity index (χ0v) is 8.29. The number of cyclic esters (lactones) is 1. The summed E-state index contributed by atoms with van der Waals surface area (Å²) in [5, 5.41) is 10.7. The lowest BCUT2D eigenvalue weighted by atomic mass is 9.70. The molecule has 1 N–H and O–H groups in total. The Bertz CT molecular complexity index is 280. The maximum Gasteiger partial charge on any atom is 0.315 e. The molecule has 2 aliphatic carbocycles. The number of carbonyl (C=O) groups excluding carboxylic acids is 1. The number of carbonyl (C=O) groups is 1. The minimum atomic E-state index is -0.722. The van der Waals surface area contributed by atoms with Crippen LogP contribution < -0.4 is 0 Å². The largest absolute Gasteiger partial charge is 0.465 e. The molecule has 14 heavy (non-hydrogen) atoms. The molecule has 3 nitrogen and oxygen atoms in total. The average molecular weight is 196 g/mol. The van der Waals surface area contributed by atoms with Gasteiger partial charge in [-0.1, -0.05) is 0 Å². The first-order chi connectivity index (χ1) is 6.69. The molecule has 2 saturated carbocycles. The standard InChI is InChI=1S/C11H16O3/c12-9-10(6-7-14-9)4-1-5-11(10,13)8-2-3-8/h8,13H,1-7H2/t10-,11-/m0/s1. The summed E-state index contributed by atoms with van der Waals surface area (Å²) < 4.78 is 5.07. The first-order valence-corrected chi connectivity index (χ1v) is 5.59. The van der Waals surface area contributed by atoms with Crippen molar-refractivity contribution in [3.05, 3.63) is 0 Å². The van der Waals surface area contributed by atoms with Crippen LogP contribution in [0.25, 0.3) is 0 Å². The van der Waals surface area contributed by atoms with Crippen LogP contribution in [-0.4, -0.2) is 23.3 Å². The predicted octanol–water partition coefficient (Wildman–Crippen LogP) is 1.24. The average Bonchev–Trinajstić information content (AvgIpc) is 2.88. The van der Waals surface area contributed by atoms with Gasteiger partial charge in [-0.05, 0) is 38.0 Å². The summed E-state index contributed by atoms with van der Waals surface area (Å²) in [6, 6.07) is 0. The molecule has 0 radical (unpaired) electrons. The third-order valence-corrected chi connectivity index (χ3v) is 4.40. The van der Waals surface area contributed by atoms with Crippen LogP contribution in [0.2, 0.25) is 0 Å². The second kappa shape index (κ2) is 2.51. The summed E-state index contributed by atoms with van der Waals surface area (Å²) in [7, 11) is 0. The topological polar surface area (TPSA) is 46.5 Å². The van der Waals surface area contributed by atoms with E-state index in [0.29, 0.717) is 12.5 Å². The third-order valence-electron chi connectivity index (χ3n) is 4.40. The fraction of sp³-hybridized carbons (Fsp3) is 0.909. The van der Waals surface area contributed by atoms with E-state index >= 15 is 0 Å². The minimum absolute atomic E-state index is 0.135.